The molecule has 1 aliphatic carbocycles. The summed E-state index contributed by atoms with van der Waals surface area (Å²) >= 11 is 1.42. The molecule has 1 fully saturated rings. The van der Waals surface area contributed by atoms with Crippen molar-refractivity contribution in [2.75, 3.05) is 18.5 Å². The number of amides is 2. The molecule has 1 heterocycles. The molecule has 0 aromatic carbocycles. The monoisotopic (exact) mass is 284 g/mol. The third-order valence-electron chi connectivity index (χ3n) is 3.04. The summed E-state index contributed by atoms with van der Waals surface area (Å²) in [6.45, 7) is 2.88. The van der Waals surface area contributed by atoms with E-state index in [9.17, 15) is 4.79 Å². The van der Waals surface area contributed by atoms with Gasteiger partial charge < -0.3 is 10.0 Å². The van der Waals surface area contributed by atoms with Crippen LogP contribution in [0.15, 0.2) is 0 Å². The van der Waals surface area contributed by atoms with Crippen LogP contribution in [0.1, 0.15) is 37.6 Å². The molecule has 1 aromatic heterocycles. The molecule has 0 aliphatic heterocycles. The summed E-state index contributed by atoms with van der Waals surface area (Å²) in [4.78, 5) is 14.0. The summed E-state index contributed by atoms with van der Waals surface area (Å²) in [7, 11) is 0. The molecule has 0 bridgehead atoms. The van der Waals surface area contributed by atoms with Gasteiger partial charge in [0.2, 0.25) is 5.13 Å². The van der Waals surface area contributed by atoms with Crippen molar-refractivity contribution < 1.29 is 9.90 Å². The molecule has 2 rings (SSSR count). The van der Waals surface area contributed by atoms with Crippen molar-refractivity contribution in [1.29, 1.82) is 0 Å². The minimum Gasteiger partial charge on any atom is -0.396 e. The number of aryl methyl sites for hydroxylation is 1. The fourth-order valence-corrected chi connectivity index (χ4v) is 2.51. The maximum Gasteiger partial charge on any atom is 0.323 e. The number of anilines is 1. The van der Waals surface area contributed by atoms with Gasteiger partial charge in [-0.1, -0.05) is 18.3 Å². The molecule has 0 spiro atoms. The van der Waals surface area contributed by atoms with Gasteiger partial charge in [-0.3, -0.25) is 5.32 Å². The Morgan fingerprint density at radius 2 is 2.26 bits per heavy atom. The Morgan fingerprint density at radius 1 is 1.47 bits per heavy atom. The number of aliphatic hydroxyl groups excluding tert-OH is 1. The van der Waals surface area contributed by atoms with Gasteiger partial charge in [-0.25, -0.2) is 4.79 Å². The van der Waals surface area contributed by atoms with E-state index >= 15 is 0 Å². The second-order valence-electron chi connectivity index (χ2n) is 4.64. The number of unbranched alkanes of at least 4 members (excludes halogenated alkanes) is 1. The van der Waals surface area contributed by atoms with Gasteiger partial charge in [-0.2, -0.15) is 0 Å². The van der Waals surface area contributed by atoms with Gasteiger partial charge in [-0.15, -0.1) is 10.2 Å². The Hall–Kier alpha value is -1.21. The van der Waals surface area contributed by atoms with Crippen LogP contribution in [0.4, 0.5) is 9.93 Å². The Morgan fingerprint density at radius 3 is 2.84 bits per heavy atom. The van der Waals surface area contributed by atoms with Crippen molar-refractivity contribution in [3.8, 4) is 0 Å². The predicted octanol–water partition coefficient (Wildman–Crippen LogP) is 1.87. The van der Waals surface area contributed by atoms with Crippen LogP contribution in [-0.4, -0.2) is 45.4 Å². The molecule has 0 unspecified atom stereocenters. The summed E-state index contributed by atoms with van der Waals surface area (Å²) in [5.41, 5.74) is 0. The molecule has 0 atom stereocenters. The van der Waals surface area contributed by atoms with Gasteiger partial charge in [0, 0.05) is 19.2 Å². The average Bonchev–Trinajstić information content (AvgIpc) is 3.14. The van der Waals surface area contributed by atoms with E-state index in [0.29, 0.717) is 17.7 Å². The smallest absolute Gasteiger partial charge is 0.323 e. The standard InChI is InChI=1S/C12H20N4O2S/c1-2-10-14-15-11(19-10)13-12(18)16(9-5-6-9)7-3-4-8-17/h9,17H,2-8H2,1H3,(H,13,15,18). The highest BCUT2D eigenvalue weighted by atomic mass is 32.1. The number of urea groups is 1. The first-order valence-electron chi connectivity index (χ1n) is 6.75. The second-order valence-corrected chi connectivity index (χ2v) is 5.70. The molecule has 1 saturated carbocycles. The van der Waals surface area contributed by atoms with Crippen molar-refractivity contribution in [2.24, 2.45) is 0 Å². The third-order valence-corrected chi connectivity index (χ3v) is 4.02. The molecular formula is C12H20N4O2S. The maximum atomic E-state index is 12.2. The largest absolute Gasteiger partial charge is 0.396 e. The van der Waals surface area contributed by atoms with E-state index in [1.807, 2.05) is 11.8 Å². The summed E-state index contributed by atoms with van der Waals surface area (Å²) in [5.74, 6) is 0. The number of nitrogens with one attached hydrogen (secondary N) is 1. The minimum atomic E-state index is -0.0979. The van der Waals surface area contributed by atoms with Crippen LogP contribution in [0.5, 0.6) is 0 Å². The van der Waals surface area contributed by atoms with Gasteiger partial charge in [0.05, 0.1) is 0 Å². The predicted molar refractivity (Wildman–Crippen MR) is 74.4 cm³/mol. The van der Waals surface area contributed by atoms with E-state index in [2.05, 4.69) is 15.5 Å². The Balaban J connectivity index is 1.87. The number of hydrogen-bond acceptors (Lipinski definition) is 5. The number of carbonyl (C=O) groups excluding carboxylic acids is 1. The summed E-state index contributed by atoms with van der Waals surface area (Å²) in [5, 5.41) is 21.0. The molecule has 19 heavy (non-hydrogen) atoms. The molecule has 1 aliphatic rings. The highest BCUT2D eigenvalue weighted by Crippen LogP contribution is 2.28. The van der Waals surface area contributed by atoms with Crippen molar-refractivity contribution >= 4 is 22.5 Å². The molecular weight excluding hydrogens is 264 g/mol. The van der Waals surface area contributed by atoms with E-state index in [1.165, 1.54) is 11.3 Å². The van der Waals surface area contributed by atoms with Crippen molar-refractivity contribution in [3.05, 3.63) is 5.01 Å². The van der Waals surface area contributed by atoms with E-state index in [4.69, 9.17) is 5.11 Å². The summed E-state index contributed by atoms with van der Waals surface area (Å²) < 4.78 is 0. The van der Waals surface area contributed by atoms with Gasteiger partial charge in [0.25, 0.3) is 0 Å². The first-order valence-corrected chi connectivity index (χ1v) is 7.57. The number of rotatable bonds is 7. The van der Waals surface area contributed by atoms with Crippen LogP contribution in [0.2, 0.25) is 0 Å². The number of aliphatic hydroxyl groups is 1. The van der Waals surface area contributed by atoms with E-state index in [1.54, 1.807) is 0 Å². The lowest BCUT2D eigenvalue weighted by atomic mass is 10.3. The van der Waals surface area contributed by atoms with Crippen LogP contribution in [-0.2, 0) is 6.42 Å². The highest BCUT2D eigenvalue weighted by Gasteiger charge is 2.32. The third kappa shape index (κ3) is 4.14. The topological polar surface area (TPSA) is 78.4 Å². The van der Waals surface area contributed by atoms with Gasteiger partial charge >= 0.3 is 6.03 Å². The van der Waals surface area contributed by atoms with Crippen LogP contribution in [0.3, 0.4) is 0 Å². The molecule has 0 radical (unpaired) electrons. The molecule has 2 N–H and O–H groups in total. The highest BCUT2D eigenvalue weighted by molar-refractivity contribution is 7.15. The first-order chi connectivity index (χ1) is 9.24. The zero-order valence-electron chi connectivity index (χ0n) is 11.1. The van der Waals surface area contributed by atoms with Gasteiger partial charge in [0.15, 0.2) is 0 Å². The van der Waals surface area contributed by atoms with Crippen molar-refractivity contribution in [1.82, 2.24) is 15.1 Å². The number of hydrogen-bond donors (Lipinski definition) is 2. The molecule has 1 aromatic rings. The van der Waals surface area contributed by atoms with E-state index < -0.39 is 0 Å². The van der Waals surface area contributed by atoms with Gasteiger partial charge in [0.1, 0.15) is 5.01 Å². The van der Waals surface area contributed by atoms with E-state index in [0.717, 1.165) is 37.1 Å². The van der Waals surface area contributed by atoms with Crippen molar-refractivity contribution in [3.63, 3.8) is 0 Å². The van der Waals surface area contributed by atoms with Crippen LogP contribution in [0, 0.1) is 0 Å². The minimum absolute atomic E-state index is 0.0979. The first kappa shape index (κ1) is 14.2. The lowest BCUT2D eigenvalue weighted by Gasteiger charge is -2.21. The van der Waals surface area contributed by atoms with Crippen LogP contribution < -0.4 is 5.32 Å². The Bertz CT molecular complexity index is 420. The molecule has 2 amide bonds. The fourth-order valence-electron chi connectivity index (χ4n) is 1.84. The van der Waals surface area contributed by atoms with Crippen LogP contribution in [0.25, 0.3) is 0 Å². The lowest BCUT2D eigenvalue weighted by Crippen LogP contribution is -2.37. The number of carbonyl (C=O) groups is 1. The second kappa shape index (κ2) is 6.81. The molecule has 7 heteroatoms. The fraction of sp³-hybridized carbons (Fsp3) is 0.750. The average molecular weight is 284 g/mol. The zero-order valence-corrected chi connectivity index (χ0v) is 11.9. The van der Waals surface area contributed by atoms with E-state index in [-0.39, 0.29) is 12.6 Å². The summed E-state index contributed by atoms with van der Waals surface area (Å²) in [6.07, 6.45) is 4.54. The SMILES string of the molecule is CCc1nnc(NC(=O)N(CCCCO)C2CC2)s1. The Kier molecular flexibility index (Phi) is 5.09. The molecule has 106 valence electrons. The normalized spacial score (nSPS) is 14.4. The number of aromatic nitrogens is 2. The lowest BCUT2D eigenvalue weighted by molar-refractivity contribution is 0.204. The number of nitrogens with zero attached hydrogens (tertiary/aromatic N) is 3. The van der Waals surface area contributed by atoms with Gasteiger partial charge in [-0.05, 0) is 32.1 Å². The molecule has 6 nitrogen and oxygen atoms in total. The summed E-state index contributed by atoms with van der Waals surface area (Å²) in [6, 6.07) is 0.261. The quantitative estimate of drug-likeness (QED) is 0.749. The van der Waals surface area contributed by atoms with Crippen molar-refractivity contribution in [2.45, 2.75) is 45.1 Å². The Labute approximate surface area is 116 Å². The molecule has 0 saturated heterocycles. The zero-order chi connectivity index (χ0) is 13.7. The maximum absolute atomic E-state index is 12.2. The van der Waals surface area contributed by atoms with Crippen LogP contribution >= 0.6 is 11.3 Å².